The molecule has 152 valence electrons. The molecule has 8 heteroatoms. The van der Waals surface area contributed by atoms with Crippen LogP contribution in [0.3, 0.4) is 0 Å². The van der Waals surface area contributed by atoms with Crippen LogP contribution in [0, 0.1) is 0 Å². The summed E-state index contributed by atoms with van der Waals surface area (Å²) in [5.74, 6) is 1.93. The molecule has 6 nitrogen and oxygen atoms in total. The summed E-state index contributed by atoms with van der Waals surface area (Å²) in [5.41, 5.74) is 1.52. The maximum atomic E-state index is 12.4. The van der Waals surface area contributed by atoms with E-state index in [1.54, 1.807) is 25.3 Å². The number of hydrogen-bond donors (Lipinski definition) is 2. The molecule has 2 N–H and O–H groups in total. The second kappa shape index (κ2) is 11.0. The number of methoxy groups -OCH3 is 1. The van der Waals surface area contributed by atoms with Gasteiger partial charge in [0.05, 0.1) is 20.3 Å². The Balaban J connectivity index is 2.12. The van der Waals surface area contributed by atoms with E-state index in [9.17, 15) is 8.78 Å². The molecule has 0 atom stereocenters. The Morgan fingerprint density at radius 2 is 1.93 bits per heavy atom. The lowest BCUT2D eigenvalue weighted by Gasteiger charge is -2.14. The highest BCUT2D eigenvalue weighted by atomic mass is 19.3. The Bertz CT molecular complexity index is 785. The second-order valence-electron chi connectivity index (χ2n) is 5.64. The van der Waals surface area contributed by atoms with Crippen LogP contribution in [0.15, 0.2) is 47.5 Å². The van der Waals surface area contributed by atoms with Gasteiger partial charge in [0.25, 0.3) is 0 Å². The van der Waals surface area contributed by atoms with E-state index in [1.807, 2.05) is 32.0 Å². The van der Waals surface area contributed by atoms with Gasteiger partial charge < -0.3 is 24.8 Å². The Kier molecular flexibility index (Phi) is 8.33. The fourth-order valence-electron chi connectivity index (χ4n) is 2.45. The van der Waals surface area contributed by atoms with Crippen LogP contribution in [0.2, 0.25) is 0 Å². The highest BCUT2D eigenvalue weighted by molar-refractivity contribution is 5.93. The molecule has 0 aliphatic carbocycles. The third-order valence-electron chi connectivity index (χ3n) is 3.61. The van der Waals surface area contributed by atoms with Crippen molar-refractivity contribution < 1.29 is 23.0 Å². The lowest BCUT2D eigenvalue weighted by Crippen LogP contribution is -2.30. The summed E-state index contributed by atoms with van der Waals surface area (Å²) >= 11 is 0. The molecule has 2 aromatic rings. The number of guanidine groups is 1. The van der Waals surface area contributed by atoms with Gasteiger partial charge in [-0.05, 0) is 43.7 Å². The first-order chi connectivity index (χ1) is 13.5. The number of ether oxygens (including phenoxy) is 3. The second-order valence-corrected chi connectivity index (χ2v) is 5.64. The molecule has 0 saturated carbocycles. The van der Waals surface area contributed by atoms with E-state index in [-0.39, 0.29) is 5.75 Å². The maximum Gasteiger partial charge on any atom is 0.387 e. The fourth-order valence-corrected chi connectivity index (χ4v) is 2.45. The number of hydrogen-bond acceptors (Lipinski definition) is 4. The number of anilines is 1. The maximum absolute atomic E-state index is 12.4. The van der Waals surface area contributed by atoms with Gasteiger partial charge in [0.1, 0.15) is 5.75 Å². The first kappa shape index (κ1) is 21.3. The van der Waals surface area contributed by atoms with Crippen LogP contribution in [0.1, 0.15) is 19.4 Å². The van der Waals surface area contributed by atoms with Crippen molar-refractivity contribution in [1.82, 2.24) is 5.32 Å². The average molecular weight is 393 g/mol. The predicted molar refractivity (Wildman–Crippen MR) is 106 cm³/mol. The van der Waals surface area contributed by atoms with Crippen LogP contribution >= 0.6 is 0 Å². The lowest BCUT2D eigenvalue weighted by atomic mass is 10.2. The molecule has 0 unspecified atom stereocenters. The number of rotatable bonds is 9. The number of alkyl halides is 2. The van der Waals surface area contributed by atoms with Crippen molar-refractivity contribution in [2.75, 3.05) is 25.6 Å². The first-order valence-electron chi connectivity index (χ1n) is 8.95. The van der Waals surface area contributed by atoms with Crippen molar-refractivity contribution >= 4 is 11.6 Å². The van der Waals surface area contributed by atoms with E-state index in [0.29, 0.717) is 37.2 Å². The molecule has 0 aromatic heterocycles. The van der Waals surface area contributed by atoms with Gasteiger partial charge in [-0.3, -0.25) is 0 Å². The van der Waals surface area contributed by atoms with Crippen LogP contribution in [-0.4, -0.2) is 32.8 Å². The van der Waals surface area contributed by atoms with Crippen molar-refractivity contribution in [1.29, 1.82) is 0 Å². The fraction of sp³-hybridized carbons (Fsp3) is 0.350. The zero-order valence-corrected chi connectivity index (χ0v) is 16.2. The molecule has 2 aromatic carbocycles. The van der Waals surface area contributed by atoms with Gasteiger partial charge in [0.15, 0.2) is 17.5 Å². The predicted octanol–water partition coefficient (Wildman–Crippen LogP) is 4.27. The number of nitrogens with one attached hydrogen (secondary N) is 2. The Hall–Kier alpha value is -3.03. The Labute approximate surface area is 163 Å². The molecule has 0 amide bonds. The molecular weight excluding hydrogens is 368 g/mol. The molecule has 0 saturated heterocycles. The number of nitrogens with zero attached hydrogens (tertiary/aromatic N) is 1. The van der Waals surface area contributed by atoms with E-state index in [4.69, 9.17) is 9.47 Å². The van der Waals surface area contributed by atoms with E-state index < -0.39 is 6.61 Å². The molecule has 2 rings (SSSR count). The van der Waals surface area contributed by atoms with Crippen molar-refractivity contribution in [3.05, 3.63) is 48.0 Å². The molecule has 0 heterocycles. The summed E-state index contributed by atoms with van der Waals surface area (Å²) in [5, 5.41) is 6.33. The average Bonchev–Trinajstić information content (AvgIpc) is 2.67. The Morgan fingerprint density at radius 1 is 1.11 bits per heavy atom. The largest absolute Gasteiger partial charge is 0.493 e. The molecule has 28 heavy (non-hydrogen) atoms. The summed E-state index contributed by atoms with van der Waals surface area (Å²) in [6.45, 7) is 2.50. The van der Waals surface area contributed by atoms with Gasteiger partial charge in [-0.2, -0.15) is 8.78 Å². The van der Waals surface area contributed by atoms with Gasteiger partial charge in [-0.15, -0.1) is 0 Å². The number of halogens is 2. The highest BCUT2D eigenvalue weighted by Crippen LogP contribution is 2.30. The molecule has 0 aliphatic rings. The van der Waals surface area contributed by atoms with Gasteiger partial charge in [-0.25, -0.2) is 4.99 Å². The molecule has 0 bridgehead atoms. The monoisotopic (exact) mass is 393 g/mol. The Morgan fingerprint density at radius 3 is 2.61 bits per heavy atom. The summed E-state index contributed by atoms with van der Waals surface area (Å²) in [6.07, 6.45) is 0. The summed E-state index contributed by atoms with van der Waals surface area (Å²) < 4.78 is 40.0. The third-order valence-corrected chi connectivity index (χ3v) is 3.61. The third kappa shape index (κ3) is 6.61. The van der Waals surface area contributed by atoms with E-state index in [2.05, 4.69) is 20.4 Å². The summed E-state index contributed by atoms with van der Waals surface area (Å²) in [7, 11) is 1.58. The minimum absolute atomic E-state index is 0.108. The highest BCUT2D eigenvalue weighted by Gasteiger charge is 2.08. The smallest absolute Gasteiger partial charge is 0.387 e. The van der Waals surface area contributed by atoms with Crippen LogP contribution in [0.25, 0.3) is 0 Å². The van der Waals surface area contributed by atoms with Crippen molar-refractivity contribution in [2.45, 2.75) is 27.0 Å². The molecule has 0 aliphatic heterocycles. The zero-order chi connectivity index (χ0) is 20.4. The molecule has 0 spiro atoms. The van der Waals surface area contributed by atoms with E-state index in [1.165, 1.54) is 6.07 Å². The first-order valence-corrected chi connectivity index (χ1v) is 8.95. The SMILES string of the molecule is CCNC(=NCc1cccc(OC(F)F)c1)Nc1ccc(OCC)c(OC)c1. The quantitative estimate of drug-likeness (QED) is 0.492. The van der Waals surface area contributed by atoms with Crippen LogP contribution in [-0.2, 0) is 6.54 Å². The van der Waals surface area contributed by atoms with Crippen molar-refractivity contribution in [3.63, 3.8) is 0 Å². The summed E-state index contributed by atoms with van der Waals surface area (Å²) in [6, 6.07) is 12.0. The molecule has 0 fully saturated rings. The lowest BCUT2D eigenvalue weighted by molar-refractivity contribution is -0.0498. The topological polar surface area (TPSA) is 64.1 Å². The van der Waals surface area contributed by atoms with Gasteiger partial charge in [0, 0.05) is 18.3 Å². The minimum Gasteiger partial charge on any atom is -0.493 e. The van der Waals surface area contributed by atoms with Gasteiger partial charge >= 0.3 is 6.61 Å². The number of aliphatic imine (C=N–C) groups is 1. The number of benzene rings is 2. The minimum atomic E-state index is -2.85. The zero-order valence-electron chi connectivity index (χ0n) is 16.2. The summed E-state index contributed by atoms with van der Waals surface area (Å²) in [4.78, 5) is 4.49. The van der Waals surface area contributed by atoms with Gasteiger partial charge in [0.2, 0.25) is 0 Å². The van der Waals surface area contributed by atoms with Crippen molar-refractivity contribution in [3.8, 4) is 17.2 Å². The van der Waals surface area contributed by atoms with Crippen LogP contribution in [0.5, 0.6) is 17.2 Å². The van der Waals surface area contributed by atoms with Crippen molar-refractivity contribution in [2.24, 2.45) is 4.99 Å². The van der Waals surface area contributed by atoms with E-state index >= 15 is 0 Å². The standard InChI is InChI=1S/C20H25F2N3O3/c1-4-23-20(24-13-14-7-6-8-16(11-14)28-19(21)22)25-15-9-10-17(27-5-2)18(12-15)26-3/h6-12,19H,4-5,13H2,1-3H3,(H2,23,24,25). The van der Waals surface area contributed by atoms with E-state index in [0.717, 1.165) is 11.3 Å². The van der Waals surface area contributed by atoms with Gasteiger partial charge in [-0.1, -0.05) is 12.1 Å². The van der Waals surface area contributed by atoms with Crippen LogP contribution in [0.4, 0.5) is 14.5 Å². The molecular formula is C20H25F2N3O3. The molecule has 0 radical (unpaired) electrons. The normalized spacial score (nSPS) is 11.3. The van der Waals surface area contributed by atoms with Crippen LogP contribution < -0.4 is 24.8 Å².